The second kappa shape index (κ2) is 8.95. The summed E-state index contributed by atoms with van der Waals surface area (Å²) in [6, 6.07) is 0. The van der Waals surface area contributed by atoms with Gasteiger partial charge in [0.1, 0.15) is 0 Å². The first-order valence-corrected chi connectivity index (χ1v) is 9.62. The molecule has 5 heteroatoms. The molecule has 0 bridgehead atoms. The monoisotopic (exact) mass is 342 g/mol. The van der Waals surface area contributed by atoms with Gasteiger partial charge in [0.15, 0.2) is 0 Å². The lowest BCUT2D eigenvalue weighted by Gasteiger charge is -2.41. The van der Waals surface area contributed by atoms with Gasteiger partial charge in [-0.3, -0.25) is 0 Å². The van der Waals surface area contributed by atoms with E-state index < -0.39 is 0 Å². The summed E-state index contributed by atoms with van der Waals surface area (Å²) < 4.78 is 28.9. The Labute approximate surface area is 146 Å². The van der Waals surface area contributed by atoms with Crippen LogP contribution in [0.15, 0.2) is 0 Å². The lowest BCUT2D eigenvalue weighted by atomic mass is 9.88. The molecule has 3 saturated heterocycles. The summed E-state index contributed by atoms with van der Waals surface area (Å²) in [6.45, 7) is 10.5. The van der Waals surface area contributed by atoms with Crippen LogP contribution in [-0.4, -0.2) is 65.1 Å². The van der Waals surface area contributed by atoms with E-state index in [1.165, 1.54) is 12.8 Å². The van der Waals surface area contributed by atoms with Crippen LogP contribution in [0.5, 0.6) is 0 Å². The molecule has 3 aliphatic rings. The molecule has 0 saturated carbocycles. The first-order valence-electron chi connectivity index (χ1n) is 9.62. The van der Waals surface area contributed by atoms with Gasteiger partial charge in [-0.05, 0) is 39.5 Å². The smallest absolute Gasteiger partial charge is 0.0637 e. The van der Waals surface area contributed by atoms with Gasteiger partial charge in [-0.2, -0.15) is 0 Å². The predicted molar refractivity (Wildman–Crippen MR) is 91.2 cm³/mol. The van der Waals surface area contributed by atoms with Gasteiger partial charge in [0.2, 0.25) is 0 Å². The highest BCUT2D eigenvalue weighted by Gasteiger charge is 2.40. The largest absolute Gasteiger partial charge is 0.380 e. The van der Waals surface area contributed by atoms with Gasteiger partial charge in [0.05, 0.1) is 70.5 Å². The van der Waals surface area contributed by atoms with E-state index in [2.05, 4.69) is 13.8 Å². The van der Waals surface area contributed by atoms with Gasteiger partial charge < -0.3 is 23.7 Å². The fourth-order valence-corrected chi connectivity index (χ4v) is 3.62. The Morgan fingerprint density at radius 3 is 1.62 bits per heavy atom. The van der Waals surface area contributed by atoms with Crippen molar-refractivity contribution >= 4 is 0 Å². The summed E-state index contributed by atoms with van der Waals surface area (Å²) in [5, 5.41) is 0. The Morgan fingerprint density at radius 2 is 1.29 bits per heavy atom. The highest BCUT2D eigenvalue weighted by Crippen LogP contribution is 2.30. The van der Waals surface area contributed by atoms with E-state index in [4.69, 9.17) is 23.7 Å². The molecule has 3 aliphatic heterocycles. The van der Waals surface area contributed by atoms with E-state index in [0.29, 0.717) is 24.0 Å². The van der Waals surface area contributed by atoms with E-state index in [0.717, 1.165) is 65.7 Å². The van der Waals surface area contributed by atoms with E-state index in [-0.39, 0.29) is 5.41 Å². The third-order valence-electron chi connectivity index (χ3n) is 5.54. The second-order valence-electron chi connectivity index (χ2n) is 8.20. The van der Waals surface area contributed by atoms with E-state index in [9.17, 15) is 0 Å². The second-order valence-corrected chi connectivity index (χ2v) is 8.20. The fraction of sp³-hybridized carbons (Fsp3) is 1.00. The van der Waals surface area contributed by atoms with Crippen molar-refractivity contribution in [1.82, 2.24) is 0 Å². The topological polar surface area (TPSA) is 46.2 Å². The van der Waals surface area contributed by atoms with Crippen LogP contribution in [0.25, 0.3) is 0 Å². The predicted octanol–water partition coefficient (Wildman–Crippen LogP) is 2.67. The van der Waals surface area contributed by atoms with Gasteiger partial charge in [-0.1, -0.05) is 0 Å². The van der Waals surface area contributed by atoms with E-state index in [1.54, 1.807) is 0 Å². The summed E-state index contributed by atoms with van der Waals surface area (Å²) >= 11 is 0. The van der Waals surface area contributed by atoms with Crippen molar-refractivity contribution in [2.75, 3.05) is 52.9 Å². The van der Waals surface area contributed by atoms with Crippen LogP contribution in [0, 0.1) is 17.3 Å². The molecule has 0 aromatic heterocycles. The highest BCUT2D eigenvalue weighted by molar-refractivity contribution is 4.86. The standard InChI is InChI=1S/C19H34O5/c1-15-3-5-17(9-23-15)7-20-11-19(13-22-14-19)12-21-8-18-6-4-16(2)24-10-18/h15-18H,3-14H2,1-2H3. The molecule has 0 aliphatic carbocycles. The van der Waals surface area contributed by atoms with Crippen molar-refractivity contribution in [2.24, 2.45) is 17.3 Å². The van der Waals surface area contributed by atoms with Crippen LogP contribution in [-0.2, 0) is 23.7 Å². The minimum absolute atomic E-state index is 0.0611. The Balaban J connectivity index is 1.30. The molecule has 0 radical (unpaired) electrons. The van der Waals surface area contributed by atoms with Crippen LogP contribution in [0.2, 0.25) is 0 Å². The zero-order valence-electron chi connectivity index (χ0n) is 15.3. The minimum Gasteiger partial charge on any atom is -0.380 e. The van der Waals surface area contributed by atoms with Gasteiger partial charge >= 0.3 is 0 Å². The summed E-state index contributed by atoms with van der Waals surface area (Å²) in [6.07, 6.45) is 5.53. The van der Waals surface area contributed by atoms with Crippen molar-refractivity contribution in [3.63, 3.8) is 0 Å². The average molecular weight is 342 g/mol. The summed E-state index contributed by atoms with van der Waals surface area (Å²) in [7, 11) is 0. The maximum atomic E-state index is 6.01. The summed E-state index contributed by atoms with van der Waals surface area (Å²) in [5.74, 6) is 1.09. The SMILES string of the molecule is CC1CCC(COCC2(COCC3CCC(C)OC3)COC2)CO1. The molecule has 0 spiro atoms. The molecule has 0 aromatic carbocycles. The van der Waals surface area contributed by atoms with Crippen molar-refractivity contribution < 1.29 is 23.7 Å². The van der Waals surface area contributed by atoms with E-state index in [1.807, 2.05) is 0 Å². The van der Waals surface area contributed by atoms with E-state index >= 15 is 0 Å². The lowest BCUT2D eigenvalue weighted by molar-refractivity contribution is -0.185. The molecule has 3 heterocycles. The van der Waals surface area contributed by atoms with Crippen LogP contribution >= 0.6 is 0 Å². The third-order valence-corrected chi connectivity index (χ3v) is 5.54. The van der Waals surface area contributed by atoms with Crippen LogP contribution in [0.3, 0.4) is 0 Å². The van der Waals surface area contributed by atoms with Crippen LogP contribution in [0.4, 0.5) is 0 Å². The highest BCUT2D eigenvalue weighted by atomic mass is 16.5. The first kappa shape index (κ1) is 18.6. The molecular formula is C19H34O5. The average Bonchev–Trinajstić information content (AvgIpc) is 2.55. The molecule has 3 fully saturated rings. The van der Waals surface area contributed by atoms with Gasteiger partial charge in [-0.15, -0.1) is 0 Å². The number of hydrogen-bond donors (Lipinski definition) is 0. The van der Waals surface area contributed by atoms with Crippen LogP contribution < -0.4 is 0 Å². The Morgan fingerprint density at radius 1 is 0.792 bits per heavy atom. The normalized spacial score (nSPS) is 36.2. The molecule has 140 valence electrons. The molecule has 24 heavy (non-hydrogen) atoms. The summed E-state index contributed by atoms with van der Waals surface area (Å²) in [5.41, 5.74) is 0.0611. The zero-order valence-corrected chi connectivity index (χ0v) is 15.3. The maximum absolute atomic E-state index is 6.01. The quantitative estimate of drug-likeness (QED) is 0.679. The third kappa shape index (κ3) is 5.40. The molecule has 0 amide bonds. The molecule has 5 nitrogen and oxygen atoms in total. The number of rotatable bonds is 8. The Kier molecular flexibility index (Phi) is 6.93. The Bertz CT molecular complexity index is 325. The number of ether oxygens (including phenoxy) is 5. The number of hydrogen-bond acceptors (Lipinski definition) is 5. The van der Waals surface area contributed by atoms with Crippen molar-refractivity contribution in [3.8, 4) is 0 Å². The molecule has 0 aromatic rings. The molecule has 4 atom stereocenters. The first-order chi connectivity index (χ1) is 11.7. The molecule has 0 N–H and O–H groups in total. The minimum atomic E-state index is 0.0611. The lowest BCUT2D eigenvalue weighted by Crippen LogP contribution is -2.50. The Hall–Kier alpha value is -0.200. The van der Waals surface area contributed by atoms with Crippen molar-refractivity contribution in [2.45, 2.75) is 51.7 Å². The van der Waals surface area contributed by atoms with Gasteiger partial charge in [-0.25, -0.2) is 0 Å². The molecule has 3 rings (SSSR count). The van der Waals surface area contributed by atoms with Gasteiger partial charge in [0.25, 0.3) is 0 Å². The molecular weight excluding hydrogens is 308 g/mol. The van der Waals surface area contributed by atoms with Crippen LogP contribution in [0.1, 0.15) is 39.5 Å². The van der Waals surface area contributed by atoms with Crippen molar-refractivity contribution in [3.05, 3.63) is 0 Å². The van der Waals surface area contributed by atoms with Crippen molar-refractivity contribution in [1.29, 1.82) is 0 Å². The fourth-order valence-electron chi connectivity index (χ4n) is 3.62. The molecule has 4 unspecified atom stereocenters. The maximum Gasteiger partial charge on any atom is 0.0637 e. The van der Waals surface area contributed by atoms with Gasteiger partial charge in [0, 0.05) is 11.8 Å². The zero-order chi connectivity index (χ0) is 16.8. The summed E-state index contributed by atoms with van der Waals surface area (Å²) in [4.78, 5) is 0.